The van der Waals surface area contributed by atoms with E-state index in [1.807, 2.05) is 0 Å². The van der Waals surface area contributed by atoms with E-state index in [-0.39, 0.29) is 29.2 Å². The van der Waals surface area contributed by atoms with Crippen LogP contribution >= 0.6 is 11.6 Å². The molecule has 5 nitrogen and oxygen atoms in total. The van der Waals surface area contributed by atoms with E-state index in [4.69, 9.17) is 16.7 Å². The fourth-order valence-electron chi connectivity index (χ4n) is 1.49. The van der Waals surface area contributed by atoms with Gasteiger partial charge in [0, 0.05) is 17.5 Å². The van der Waals surface area contributed by atoms with Crippen LogP contribution in [0.4, 0.5) is 0 Å². The molecule has 96 valence electrons. The van der Waals surface area contributed by atoms with Crippen LogP contribution in [0.15, 0.2) is 18.2 Å². The van der Waals surface area contributed by atoms with Crippen molar-refractivity contribution in [3.8, 4) is 0 Å². The smallest absolute Gasteiger partial charge is 0.337 e. The number of ketones is 1. The standard InChI is InChI=1S/C12H11ClO5/c13-5-9(15)3-7-1-2-8(6-14)10(4-7)11(16)12(17)18/h1-2,4,6,11,16H,3,5H2,(H,17,18). The monoisotopic (exact) mass is 270 g/mol. The number of aliphatic hydroxyl groups is 1. The zero-order valence-electron chi connectivity index (χ0n) is 9.30. The van der Waals surface area contributed by atoms with E-state index >= 15 is 0 Å². The number of rotatable bonds is 6. The van der Waals surface area contributed by atoms with Crippen molar-refractivity contribution in [1.82, 2.24) is 0 Å². The molecule has 0 saturated heterocycles. The van der Waals surface area contributed by atoms with Crippen LogP contribution in [0.25, 0.3) is 0 Å². The number of carbonyl (C=O) groups excluding carboxylic acids is 2. The Bertz CT molecular complexity index is 483. The van der Waals surface area contributed by atoms with Crippen molar-refractivity contribution >= 4 is 29.6 Å². The van der Waals surface area contributed by atoms with Gasteiger partial charge in [0.25, 0.3) is 0 Å². The second kappa shape index (κ2) is 6.28. The van der Waals surface area contributed by atoms with Crippen LogP contribution < -0.4 is 0 Å². The summed E-state index contributed by atoms with van der Waals surface area (Å²) in [5.41, 5.74) is 0.547. The van der Waals surface area contributed by atoms with E-state index in [2.05, 4.69) is 0 Å². The first-order valence-corrected chi connectivity index (χ1v) is 5.59. The lowest BCUT2D eigenvalue weighted by Crippen LogP contribution is -2.14. The molecule has 0 fully saturated rings. The Kier molecular flexibility index (Phi) is 5.00. The van der Waals surface area contributed by atoms with Crippen LogP contribution in [0.2, 0.25) is 0 Å². The van der Waals surface area contributed by atoms with E-state index in [1.54, 1.807) is 0 Å². The van der Waals surface area contributed by atoms with Gasteiger partial charge in [-0.25, -0.2) is 4.79 Å². The number of Topliss-reactive ketones (excluding diaryl/α,β-unsaturated/α-hetero) is 1. The molecule has 1 aromatic carbocycles. The van der Waals surface area contributed by atoms with Crippen molar-refractivity contribution in [2.24, 2.45) is 0 Å². The topological polar surface area (TPSA) is 91.7 Å². The molecule has 0 spiro atoms. The first kappa shape index (κ1) is 14.3. The van der Waals surface area contributed by atoms with E-state index < -0.39 is 12.1 Å². The van der Waals surface area contributed by atoms with Gasteiger partial charge in [-0.2, -0.15) is 0 Å². The molecule has 0 saturated carbocycles. The molecule has 0 radical (unpaired) electrons. The molecule has 1 aromatic rings. The van der Waals surface area contributed by atoms with Gasteiger partial charge in [0.2, 0.25) is 0 Å². The van der Waals surface area contributed by atoms with Crippen LogP contribution in [-0.4, -0.2) is 34.1 Å². The molecule has 1 unspecified atom stereocenters. The normalized spacial score (nSPS) is 11.9. The molecule has 0 aliphatic heterocycles. The first-order valence-electron chi connectivity index (χ1n) is 5.06. The van der Waals surface area contributed by atoms with Crippen molar-refractivity contribution in [2.75, 3.05) is 5.88 Å². The Morgan fingerprint density at radius 2 is 2.06 bits per heavy atom. The Balaban J connectivity index is 3.13. The summed E-state index contributed by atoms with van der Waals surface area (Å²) < 4.78 is 0. The van der Waals surface area contributed by atoms with Gasteiger partial charge in [-0.3, -0.25) is 9.59 Å². The summed E-state index contributed by atoms with van der Waals surface area (Å²) in [6.45, 7) is 0. The highest BCUT2D eigenvalue weighted by molar-refractivity contribution is 6.27. The largest absolute Gasteiger partial charge is 0.479 e. The van der Waals surface area contributed by atoms with Crippen LogP contribution in [0, 0.1) is 0 Å². The molecule has 0 amide bonds. The highest BCUT2D eigenvalue weighted by atomic mass is 35.5. The average Bonchev–Trinajstić information content (AvgIpc) is 2.37. The maximum absolute atomic E-state index is 11.2. The molecule has 0 bridgehead atoms. The minimum Gasteiger partial charge on any atom is -0.479 e. The van der Waals surface area contributed by atoms with Gasteiger partial charge in [-0.05, 0) is 5.56 Å². The van der Waals surface area contributed by atoms with E-state index in [9.17, 15) is 19.5 Å². The van der Waals surface area contributed by atoms with Crippen LogP contribution in [0.1, 0.15) is 27.6 Å². The van der Waals surface area contributed by atoms with Gasteiger partial charge in [0.1, 0.15) is 6.29 Å². The number of hydrogen-bond acceptors (Lipinski definition) is 4. The molecule has 6 heteroatoms. The van der Waals surface area contributed by atoms with Crippen LogP contribution in [0.3, 0.4) is 0 Å². The summed E-state index contributed by atoms with van der Waals surface area (Å²) >= 11 is 5.36. The highest BCUT2D eigenvalue weighted by Gasteiger charge is 2.20. The first-order chi connectivity index (χ1) is 8.49. The number of aldehydes is 1. The third-order valence-electron chi connectivity index (χ3n) is 2.36. The second-order valence-electron chi connectivity index (χ2n) is 3.67. The van der Waals surface area contributed by atoms with Crippen molar-refractivity contribution < 1.29 is 24.6 Å². The van der Waals surface area contributed by atoms with E-state index in [0.29, 0.717) is 11.8 Å². The third kappa shape index (κ3) is 3.38. The van der Waals surface area contributed by atoms with Crippen molar-refractivity contribution in [1.29, 1.82) is 0 Å². The van der Waals surface area contributed by atoms with Crippen LogP contribution in [-0.2, 0) is 16.0 Å². The Labute approximate surface area is 108 Å². The number of halogens is 1. The fraction of sp³-hybridized carbons (Fsp3) is 0.250. The summed E-state index contributed by atoms with van der Waals surface area (Å²) in [6.07, 6.45) is -1.31. The lowest BCUT2D eigenvalue weighted by atomic mass is 9.98. The Morgan fingerprint density at radius 3 is 2.56 bits per heavy atom. The molecule has 2 N–H and O–H groups in total. The lowest BCUT2D eigenvalue weighted by Gasteiger charge is -2.10. The number of aliphatic carboxylic acids is 1. The quantitative estimate of drug-likeness (QED) is 0.593. The summed E-state index contributed by atoms with van der Waals surface area (Å²) in [6, 6.07) is 4.21. The zero-order chi connectivity index (χ0) is 13.7. The van der Waals surface area contributed by atoms with Gasteiger partial charge in [-0.1, -0.05) is 18.2 Å². The number of aliphatic hydroxyl groups excluding tert-OH is 1. The Morgan fingerprint density at radius 1 is 1.39 bits per heavy atom. The van der Waals surface area contributed by atoms with Gasteiger partial charge in [0.05, 0.1) is 5.88 Å². The van der Waals surface area contributed by atoms with Crippen LogP contribution in [0.5, 0.6) is 0 Å². The second-order valence-corrected chi connectivity index (χ2v) is 3.94. The molecule has 18 heavy (non-hydrogen) atoms. The molecule has 1 atom stereocenters. The van der Waals surface area contributed by atoms with Gasteiger partial charge in [-0.15, -0.1) is 11.6 Å². The van der Waals surface area contributed by atoms with Gasteiger partial charge in [0.15, 0.2) is 11.9 Å². The molecule has 1 rings (SSSR count). The SMILES string of the molecule is O=Cc1ccc(CC(=O)CCl)cc1C(O)C(=O)O. The lowest BCUT2D eigenvalue weighted by molar-refractivity contribution is -0.146. The molecular formula is C12H11ClO5. The predicted molar refractivity (Wildman–Crippen MR) is 63.9 cm³/mol. The van der Waals surface area contributed by atoms with E-state index in [0.717, 1.165) is 0 Å². The number of alkyl halides is 1. The molecule has 0 heterocycles. The molecular weight excluding hydrogens is 260 g/mol. The number of benzene rings is 1. The van der Waals surface area contributed by atoms with Gasteiger partial charge >= 0.3 is 5.97 Å². The maximum Gasteiger partial charge on any atom is 0.337 e. The summed E-state index contributed by atoms with van der Waals surface area (Å²) in [4.78, 5) is 32.6. The molecule has 0 aliphatic carbocycles. The number of hydrogen-bond donors (Lipinski definition) is 2. The Hall–Kier alpha value is -1.72. The van der Waals surface area contributed by atoms with Crippen molar-refractivity contribution in [3.63, 3.8) is 0 Å². The van der Waals surface area contributed by atoms with Crippen molar-refractivity contribution in [2.45, 2.75) is 12.5 Å². The number of carboxylic acids is 1. The zero-order valence-corrected chi connectivity index (χ0v) is 10.1. The summed E-state index contributed by atoms with van der Waals surface area (Å²) in [5.74, 6) is -1.84. The fourth-order valence-corrected chi connectivity index (χ4v) is 1.58. The van der Waals surface area contributed by atoms with E-state index in [1.165, 1.54) is 18.2 Å². The minimum absolute atomic E-state index is 0.0297. The number of carboxylic acid groups (broad SMARTS) is 1. The third-order valence-corrected chi connectivity index (χ3v) is 2.66. The average molecular weight is 271 g/mol. The summed E-state index contributed by atoms with van der Waals surface area (Å²) in [7, 11) is 0. The van der Waals surface area contributed by atoms with Crippen molar-refractivity contribution in [3.05, 3.63) is 34.9 Å². The molecule has 0 aromatic heterocycles. The van der Waals surface area contributed by atoms with Gasteiger partial charge < -0.3 is 10.2 Å². The minimum atomic E-state index is -1.80. The molecule has 0 aliphatic rings. The number of carbonyl (C=O) groups is 3. The highest BCUT2D eigenvalue weighted by Crippen LogP contribution is 2.19. The summed E-state index contributed by atoms with van der Waals surface area (Å²) in [5, 5.41) is 18.2. The maximum atomic E-state index is 11.2. The predicted octanol–water partition coefficient (Wildman–Crippen LogP) is 0.968.